The first-order valence-corrected chi connectivity index (χ1v) is 6.68. The molecule has 17 heavy (non-hydrogen) atoms. The molecular formula is C12H14N2O2S. The van der Waals surface area contributed by atoms with Gasteiger partial charge in [0, 0.05) is 21.3 Å². The lowest BCUT2D eigenvalue weighted by Crippen LogP contribution is -2.39. The lowest BCUT2D eigenvalue weighted by atomic mass is 9.90. The van der Waals surface area contributed by atoms with E-state index in [2.05, 4.69) is 5.32 Å². The third-order valence-electron chi connectivity index (χ3n) is 3.65. The fraction of sp³-hybridized carbons (Fsp3) is 0.500. The van der Waals surface area contributed by atoms with Crippen LogP contribution in [0, 0.1) is 10.1 Å². The number of hydrogen-bond acceptors (Lipinski definition) is 4. The molecule has 3 rings (SSSR count). The van der Waals surface area contributed by atoms with E-state index in [1.165, 1.54) is 0 Å². The van der Waals surface area contributed by atoms with Gasteiger partial charge in [0.15, 0.2) is 0 Å². The maximum Gasteiger partial charge on any atom is 0.273 e. The van der Waals surface area contributed by atoms with E-state index in [0.717, 1.165) is 42.8 Å². The Balaban J connectivity index is 1.97. The molecule has 2 aliphatic heterocycles. The highest BCUT2D eigenvalue weighted by molar-refractivity contribution is 8.01. The largest absolute Gasteiger partial charge is 0.317 e. The van der Waals surface area contributed by atoms with Crippen LogP contribution in [0.4, 0.5) is 5.69 Å². The molecule has 0 atom stereocenters. The fourth-order valence-electron chi connectivity index (χ4n) is 2.75. The topological polar surface area (TPSA) is 55.2 Å². The number of fused-ring (bicyclic) bond motifs is 1. The normalized spacial score (nSPS) is 21.4. The van der Waals surface area contributed by atoms with Gasteiger partial charge in [-0.1, -0.05) is 6.07 Å². The minimum Gasteiger partial charge on any atom is -0.317 e. The number of thioether (sulfide) groups is 1. The maximum atomic E-state index is 11.0. The molecule has 1 aromatic carbocycles. The summed E-state index contributed by atoms with van der Waals surface area (Å²) < 4.78 is 0.208. The summed E-state index contributed by atoms with van der Waals surface area (Å²) in [6.45, 7) is 2.05. The maximum absolute atomic E-state index is 11.0. The number of nitro groups is 1. The van der Waals surface area contributed by atoms with Gasteiger partial charge in [-0.05, 0) is 38.4 Å². The Morgan fingerprint density at radius 2 is 2.12 bits per heavy atom. The quantitative estimate of drug-likeness (QED) is 0.614. The van der Waals surface area contributed by atoms with Crippen molar-refractivity contribution >= 4 is 17.4 Å². The van der Waals surface area contributed by atoms with Crippen molar-refractivity contribution in [2.75, 3.05) is 13.1 Å². The summed E-state index contributed by atoms with van der Waals surface area (Å²) in [4.78, 5) is 11.9. The predicted octanol–water partition coefficient (Wildman–Crippen LogP) is 2.37. The highest BCUT2D eigenvalue weighted by atomic mass is 32.2. The van der Waals surface area contributed by atoms with E-state index in [1.54, 1.807) is 12.1 Å². The van der Waals surface area contributed by atoms with Crippen molar-refractivity contribution in [1.29, 1.82) is 0 Å². The van der Waals surface area contributed by atoms with E-state index >= 15 is 0 Å². The first-order valence-electron chi connectivity index (χ1n) is 5.86. The Hall–Kier alpha value is -1.07. The van der Waals surface area contributed by atoms with Gasteiger partial charge in [0.2, 0.25) is 0 Å². The monoisotopic (exact) mass is 250 g/mol. The Morgan fingerprint density at radius 1 is 1.35 bits per heavy atom. The van der Waals surface area contributed by atoms with Crippen LogP contribution in [0.2, 0.25) is 0 Å². The van der Waals surface area contributed by atoms with Gasteiger partial charge in [-0.15, -0.1) is 11.8 Å². The van der Waals surface area contributed by atoms with Crippen molar-refractivity contribution in [3.05, 3.63) is 33.9 Å². The zero-order valence-corrected chi connectivity index (χ0v) is 10.3. The molecule has 90 valence electrons. The molecule has 0 aromatic heterocycles. The first kappa shape index (κ1) is 11.0. The summed E-state index contributed by atoms with van der Waals surface area (Å²) >= 11 is 1.85. The van der Waals surface area contributed by atoms with Crippen LogP contribution >= 0.6 is 11.8 Å². The zero-order chi connectivity index (χ0) is 11.9. The van der Waals surface area contributed by atoms with Gasteiger partial charge in [-0.2, -0.15) is 0 Å². The molecular weight excluding hydrogens is 236 g/mol. The second-order valence-electron chi connectivity index (χ2n) is 4.72. The van der Waals surface area contributed by atoms with Crippen LogP contribution in [0.1, 0.15) is 18.4 Å². The first-order chi connectivity index (χ1) is 8.20. The third-order valence-corrected chi connectivity index (χ3v) is 5.23. The van der Waals surface area contributed by atoms with Crippen molar-refractivity contribution in [2.24, 2.45) is 0 Å². The number of benzene rings is 1. The molecule has 0 unspecified atom stereocenters. The number of piperidine rings is 1. The summed E-state index contributed by atoms with van der Waals surface area (Å²) in [5.74, 6) is 0. The summed E-state index contributed by atoms with van der Waals surface area (Å²) in [5.41, 5.74) is 1.25. The Kier molecular flexibility index (Phi) is 2.60. The minimum absolute atomic E-state index is 0.208. The second kappa shape index (κ2) is 3.99. The molecule has 0 saturated carbocycles. The van der Waals surface area contributed by atoms with Crippen LogP contribution in [-0.4, -0.2) is 22.8 Å². The lowest BCUT2D eigenvalue weighted by molar-refractivity contribution is -0.385. The summed E-state index contributed by atoms with van der Waals surface area (Å²) in [7, 11) is 0. The van der Waals surface area contributed by atoms with Crippen molar-refractivity contribution in [3.63, 3.8) is 0 Å². The van der Waals surface area contributed by atoms with Gasteiger partial charge in [0.05, 0.1) is 4.92 Å². The van der Waals surface area contributed by atoms with Gasteiger partial charge in [-0.25, -0.2) is 0 Å². The van der Waals surface area contributed by atoms with Crippen LogP contribution in [0.5, 0.6) is 0 Å². The second-order valence-corrected chi connectivity index (χ2v) is 6.23. The lowest BCUT2D eigenvalue weighted by Gasteiger charge is -2.32. The van der Waals surface area contributed by atoms with E-state index < -0.39 is 0 Å². The van der Waals surface area contributed by atoms with Crippen molar-refractivity contribution < 1.29 is 4.92 Å². The number of nitrogens with zero attached hydrogens (tertiary/aromatic N) is 1. The Labute approximate surface area is 104 Å². The van der Waals surface area contributed by atoms with Crippen molar-refractivity contribution in [1.82, 2.24) is 5.32 Å². The summed E-state index contributed by atoms with van der Waals surface area (Å²) in [6, 6.07) is 5.44. The van der Waals surface area contributed by atoms with Gasteiger partial charge in [0.25, 0.3) is 5.69 Å². The van der Waals surface area contributed by atoms with Crippen LogP contribution in [0.3, 0.4) is 0 Å². The molecule has 0 bridgehead atoms. The molecule has 0 aliphatic carbocycles. The molecule has 1 aromatic rings. The Bertz CT molecular complexity index is 470. The molecule has 2 aliphatic rings. The van der Waals surface area contributed by atoms with Crippen LogP contribution in [0.25, 0.3) is 0 Å². The number of hydrogen-bond donors (Lipinski definition) is 1. The number of rotatable bonds is 1. The highest BCUT2D eigenvalue weighted by Gasteiger charge is 2.41. The molecule has 1 N–H and O–H groups in total. The standard InChI is InChI=1S/C12H14N2O2S/c15-14(16)10-2-1-3-11-9(10)8-12(17-11)4-6-13-7-5-12/h1-3,13H,4-8H2. The average molecular weight is 250 g/mol. The van der Waals surface area contributed by atoms with E-state index in [4.69, 9.17) is 0 Å². The number of nitro benzene ring substituents is 1. The van der Waals surface area contributed by atoms with Gasteiger partial charge < -0.3 is 5.32 Å². The van der Waals surface area contributed by atoms with E-state index in [9.17, 15) is 10.1 Å². The molecule has 0 radical (unpaired) electrons. The smallest absolute Gasteiger partial charge is 0.273 e. The molecule has 1 fully saturated rings. The van der Waals surface area contributed by atoms with E-state index in [-0.39, 0.29) is 9.67 Å². The SMILES string of the molecule is O=[N+]([O-])c1cccc2c1CC1(CCNCC1)S2. The van der Waals surface area contributed by atoms with Crippen molar-refractivity contribution in [3.8, 4) is 0 Å². The van der Waals surface area contributed by atoms with E-state index in [1.807, 2.05) is 17.8 Å². The highest BCUT2D eigenvalue weighted by Crippen LogP contribution is 2.51. The molecule has 5 heteroatoms. The van der Waals surface area contributed by atoms with E-state index in [0.29, 0.717) is 5.69 Å². The summed E-state index contributed by atoms with van der Waals surface area (Å²) in [5, 5.41) is 14.4. The zero-order valence-electron chi connectivity index (χ0n) is 9.44. The Morgan fingerprint density at radius 3 is 2.82 bits per heavy atom. The molecule has 4 nitrogen and oxygen atoms in total. The molecule has 1 spiro atoms. The fourth-order valence-corrected chi connectivity index (χ4v) is 4.29. The van der Waals surface area contributed by atoms with Crippen LogP contribution < -0.4 is 5.32 Å². The molecule has 0 amide bonds. The van der Waals surface area contributed by atoms with Crippen molar-refractivity contribution in [2.45, 2.75) is 28.9 Å². The number of nitrogens with one attached hydrogen (secondary N) is 1. The van der Waals surface area contributed by atoms with Crippen LogP contribution in [-0.2, 0) is 6.42 Å². The molecule has 2 heterocycles. The van der Waals surface area contributed by atoms with Gasteiger partial charge in [0.1, 0.15) is 0 Å². The van der Waals surface area contributed by atoms with Gasteiger partial charge >= 0.3 is 0 Å². The van der Waals surface area contributed by atoms with Crippen LogP contribution in [0.15, 0.2) is 23.1 Å². The predicted molar refractivity (Wildman–Crippen MR) is 67.5 cm³/mol. The summed E-state index contributed by atoms with van der Waals surface area (Å²) in [6.07, 6.45) is 3.05. The van der Waals surface area contributed by atoms with Gasteiger partial charge in [-0.3, -0.25) is 10.1 Å². The minimum atomic E-state index is -0.251. The molecule has 1 saturated heterocycles. The average Bonchev–Trinajstić information content (AvgIpc) is 2.66. The third kappa shape index (κ3) is 1.83.